The third kappa shape index (κ3) is 5.41. The minimum absolute atomic E-state index is 0.306. The van der Waals surface area contributed by atoms with Crippen molar-refractivity contribution in [2.24, 2.45) is 5.73 Å². The molecule has 0 heterocycles. The molecule has 0 amide bonds. The van der Waals surface area contributed by atoms with Crippen LogP contribution in [0.25, 0.3) is 0 Å². The molecule has 1 aromatic carbocycles. The number of nitrogens with two attached hydrogens (primary N) is 1. The Bertz CT molecular complexity index is 328. The van der Waals surface area contributed by atoms with E-state index in [-0.39, 0.29) is 0 Å². The van der Waals surface area contributed by atoms with Crippen molar-refractivity contribution in [2.45, 2.75) is 45.6 Å². The number of para-hydroxylation sites is 2. The normalized spacial score (nSPS) is 12.2. The second kappa shape index (κ2) is 8.81. The lowest BCUT2D eigenvalue weighted by molar-refractivity contribution is 0.268. The van der Waals surface area contributed by atoms with E-state index in [1.165, 1.54) is 0 Å². The summed E-state index contributed by atoms with van der Waals surface area (Å²) in [5.41, 5.74) is 5.96. The zero-order valence-electron chi connectivity index (χ0n) is 11.5. The Morgan fingerprint density at radius 3 is 2.33 bits per heavy atom. The second-order valence-corrected chi connectivity index (χ2v) is 4.42. The van der Waals surface area contributed by atoms with Crippen LogP contribution < -0.4 is 15.2 Å². The number of hydrogen-bond acceptors (Lipinski definition) is 3. The molecule has 0 radical (unpaired) electrons. The molecule has 1 rings (SSSR count). The summed E-state index contributed by atoms with van der Waals surface area (Å²) in [6, 6.07) is 8.09. The highest BCUT2D eigenvalue weighted by molar-refractivity contribution is 5.39. The molecule has 0 saturated carbocycles. The Kier molecular flexibility index (Phi) is 7.26. The van der Waals surface area contributed by atoms with Gasteiger partial charge in [-0.25, -0.2) is 0 Å². The molecule has 0 aliphatic rings. The zero-order chi connectivity index (χ0) is 13.2. The highest BCUT2D eigenvalue weighted by Gasteiger charge is 2.04. The number of hydrogen-bond donors (Lipinski definition) is 1. The molecule has 1 unspecified atom stereocenters. The molecule has 102 valence electrons. The topological polar surface area (TPSA) is 44.5 Å². The average molecular weight is 251 g/mol. The molecule has 3 nitrogen and oxygen atoms in total. The fourth-order valence-electron chi connectivity index (χ4n) is 1.89. The van der Waals surface area contributed by atoms with Crippen molar-refractivity contribution < 1.29 is 9.47 Å². The number of benzene rings is 1. The van der Waals surface area contributed by atoms with Crippen LogP contribution in [-0.4, -0.2) is 19.3 Å². The highest BCUT2D eigenvalue weighted by atomic mass is 16.5. The van der Waals surface area contributed by atoms with E-state index in [0.717, 1.165) is 37.2 Å². The first-order valence-corrected chi connectivity index (χ1v) is 6.88. The summed E-state index contributed by atoms with van der Waals surface area (Å²) in [6.45, 7) is 5.48. The number of rotatable bonds is 9. The Morgan fingerprint density at radius 2 is 1.72 bits per heavy atom. The zero-order valence-corrected chi connectivity index (χ0v) is 11.5. The van der Waals surface area contributed by atoms with Gasteiger partial charge in [-0.1, -0.05) is 25.5 Å². The van der Waals surface area contributed by atoms with Crippen LogP contribution >= 0.6 is 0 Å². The maximum absolute atomic E-state index is 5.96. The molecule has 18 heavy (non-hydrogen) atoms. The molecule has 0 fully saturated rings. The van der Waals surface area contributed by atoms with Crippen molar-refractivity contribution in [1.82, 2.24) is 0 Å². The third-order valence-electron chi connectivity index (χ3n) is 2.79. The van der Waals surface area contributed by atoms with E-state index in [1.54, 1.807) is 0 Å². The van der Waals surface area contributed by atoms with E-state index >= 15 is 0 Å². The monoisotopic (exact) mass is 251 g/mol. The molecule has 0 bridgehead atoms. The molecule has 0 saturated heterocycles. The summed E-state index contributed by atoms with van der Waals surface area (Å²) in [5.74, 6) is 1.64. The molecule has 0 aliphatic carbocycles. The van der Waals surface area contributed by atoms with Crippen LogP contribution in [0.1, 0.15) is 39.5 Å². The molecule has 3 heteroatoms. The second-order valence-electron chi connectivity index (χ2n) is 4.42. The summed E-state index contributed by atoms with van der Waals surface area (Å²) in [7, 11) is 0. The van der Waals surface area contributed by atoms with Crippen LogP contribution in [0.15, 0.2) is 24.3 Å². The molecule has 2 N–H and O–H groups in total. The van der Waals surface area contributed by atoms with Crippen LogP contribution in [-0.2, 0) is 0 Å². The summed E-state index contributed by atoms with van der Waals surface area (Å²) in [5, 5.41) is 0. The Balaban J connectivity index is 2.30. The maximum Gasteiger partial charge on any atom is 0.161 e. The lowest BCUT2D eigenvalue weighted by Crippen LogP contribution is -2.20. The van der Waals surface area contributed by atoms with Gasteiger partial charge in [-0.15, -0.1) is 0 Å². The summed E-state index contributed by atoms with van der Waals surface area (Å²) in [4.78, 5) is 0. The molecular weight excluding hydrogens is 226 g/mol. The minimum atomic E-state index is 0.306. The summed E-state index contributed by atoms with van der Waals surface area (Å²) < 4.78 is 11.2. The SMILES string of the molecule is CCCC(N)CCCOc1ccccc1OCC. The Labute approximate surface area is 110 Å². The van der Waals surface area contributed by atoms with Crippen molar-refractivity contribution in [3.8, 4) is 11.5 Å². The smallest absolute Gasteiger partial charge is 0.161 e. The highest BCUT2D eigenvalue weighted by Crippen LogP contribution is 2.26. The minimum Gasteiger partial charge on any atom is -0.490 e. The average Bonchev–Trinajstić information content (AvgIpc) is 2.37. The van der Waals surface area contributed by atoms with Crippen molar-refractivity contribution in [2.75, 3.05) is 13.2 Å². The molecular formula is C15H25NO2. The summed E-state index contributed by atoms with van der Waals surface area (Å²) in [6.07, 6.45) is 4.25. The quantitative estimate of drug-likeness (QED) is 0.684. The fourth-order valence-corrected chi connectivity index (χ4v) is 1.89. The first-order valence-electron chi connectivity index (χ1n) is 6.88. The van der Waals surface area contributed by atoms with Crippen LogP contribution in [0.3, 0.4) is 0 Å². The number of ether oxygens (including phenoxy) is 2. The largest absolute Gasteiger partial charge is 0.490 e. The van der Waals surface area contributed by atoms with E-state index in [0.29, 0.717) is 19.3 Å². The molecule has 1 aromatic rings. The Morgan fingerprint density at radius 1 is 1.06 bits per heavy atom. The molecule has 0 aromatic heterocycles. The van der Waals surface area contributed by atoms with Crippen LogP contribution in [0, 0.1) is 0 Å². The van der Waals surface area contributed by atoms with Gasteiger partial charge in [0.2, 0.25) is 0 Å². The standard InChI is InChI=1S/C15H25NO2/c1-3-8-13(16)9-7-12-18-15-11-6-5-10-14(15)17-4-2/h5-6,10-11,13H,3-4,7-9,12,16H2,1-2H3. The van der Waals surface area contributed by atoms with Crippen molar-refractivity contribution in [3.05, 3.63) is 24.3 Å². The fraction of sp³-hybridized carbons (Fsp3) is 0.600. The predicted molar refractivity (Wildman–Crippen MR) is 75.2 cm³/mol. The van der Waals surface area contributed by atoms with E-state index in [4.69, 9.17) is 15.2 Å². The van der Waals surface area contributed by atoms with Crippen molar-refractivity contribution in [1.29, 1.82) is 0 Å². The van der Waals surface area contributed by atoms with Gasteiger partial charge in [0.25, 0.3) is 0 Å². The van der Waals surface area contributed by atoms with E-state index < -0.39 is 0 Å². The van der Waals surface area contributed by atoms with E-state index in [1.807, 2.05) is 31.2 Å². The lowest BCUT2D eigenvalue weighted by Gasteiger charge is -2.13. The molecule has 0 spiro atoms. The van der Waals surface area contributed by atoms with Gasteiger partial charge in [-0.05, 0) is 38.3 Å². The first-order chi connectivity index (χ1) is 8.77. The van der Waals surface area contributed by atoms with Gasteiger partial charge >= 0.3 is 0 Å². The van der Waals surface area contributed by atoms with E-state index in [2.05, 4.69) is 6.92 Å². The van der Waals surface area contributed by atoms with Gasteiger partial charge in [0.1, 0.15) is 0 Å². The van der Waals surface area contributed by atoms with Gasteiger partial charge in [-0.2, -0.15) is 0 Å². The van der Waals surface area contributed by atoms with Crippen LogP contribution in [0.2, 0.25) is 0 Å². The maximum atomic E-state index is 5.96. The van der Waals surface area contributed by atoms with Gasteiger partial charge in [0.15, 0.2) is 11.5 Å². The van der Waals surface area contributed by atoms with Gasteiger partial charge in [-0.3, -0.25) is 0 Å². The lowest BCUT2D eigenvalue weighted by atomic mass is 10.1. The van der Waals surface area contributed by atoms with Gasteiger partial charge < -0.3 is 15.2 Å². The van der Waals surface area contributed by atoms with Crippen molar-refractivity contribution >= 4 is 0 Å². The summed E-state index contributed by atoms with van der Waals surface area (Å²) >= 11 is 0. The van der Waals surface area contributed by atoms with Gasteiger partial charge in [0.05, 0.1) is 13.2 Å². The van der Waals surface area contributed by atoms with Crippen LogP contribution in [0.5, 0.6) is 11.5 Å². The Hall–Kier alpha value is -1.22. The van der Waals surface area contributed by atoms with E-state index in [9.17, 15) is 0 Å². The predicted octanol–water partition coefficient (Wildman–Crippen LogP) is 3.37. The van der Waals surface area contributed by atoms with Crippen LogP contribution in [0.4, 0.5) is 0 Å². The molecule has 1 atom stereocenters. The van der Waals surface area contributed by atoms with Crippen molar-refractivity contribution in [3.63, 3.8) is 0 Å². The molecule has 0 aliphatic heterocycles. The first kappa shape index (κ1) is 14.8. The van der Waals surface area contributed by atoms with Gasteiger partial charge in [0, 0.05) is 6.04 Å². The third-order valence-corrected chi connectivity index (χ3v) is 2.79.